The maximum atomic E-state index is 12.6. The first-order valence-corrected chi connectivity index (χ1v) is 7.41. The first-order valence-electron chi connectivity index (χ1n) is 7.41. The van der Waals surface area contributed by atoms with E-state index < -0.39 is 5.97 Å². The van der Waals surface area contributed by atoms with Gasteiger partial charge in [0.2, 0.25) is 5.91 Å². The van der Waals surface area contributed by atoms with Crippen molar-refractivity contribution in [3.05, 3.63) is 35.4 Å². The quantitative estimate of drug-likeness (QED) is 0.930. The number of carbonyl (C=O) groups excluding carboxylic acids is 1. The van der Waals surface area contributed by atoms with Gasteiger partial charge < -0.3 is 10.0 Å². The van der Waals surface area contributed by atoms with Crippen LogP contribution >= 0.6 is 0 Å². The van der Waals surface area contributed by atoms with E-state index in [1.54, 1.807) is 24.3 Å². The zero-order valence-corrected chi connectivity index (χ0v) is 12.9. The van der Waals surface area contributed by atoms with E-state index in [4.69, 9.17) is 0 Å². The summed E-state index contributed by atoms with van der Waals surface area (Å²) >= 11 is 0. The van der Waals surface area contributed by atoms with E-state index in [0.717, 1.165) is 19.4 Å². The largest absolute Gasteiger partial charge is 0.478 e. The number of amides is 1. The molecule has 0 bridgehead atoms. The van der Waals surface area contributed by atoms with Gasteiger partial charge in [-0.15, -0.1) is 0 Å². The fourth-order valence-electron chi connectivity index (χ4n) is 3.11. The first kappa shape index (κ1) is 15.5. The topological polar surface area (TPSA) is 57.6 Å². The Morgan fingerprint density at radius 2 is 1.95 bits per heavy atom. The molecule has 4 heteroatoms. The number of carboxylic acid groups (broad SMARTS) is 1. The van der Waals surface area contributed by atoms with Gasteiger partial charge in [0.05, 0.1) is 12.0 Å². The van der Waals surface area contributed by atoms with E-state index in [1.165, 1.54) is 0 Å². The van der Waals surface area contributed by atoms with E-state index >= 15 is 0 Å². The molecule has 1 aliphatic heterocycles. The molecule has 0 aromatic heterocycles. The third-order valence-corrected chi connectivity index (χ3v) is 4.16. The molecule has 21 heavy (non-hydrogen) atoms. The van der Waals surface area contributed by atoms with Gasteiger partial charge in [0.15, 0.2) is 0 Å². The molecule has 1 aromatic carbocycles. The van der Waals surface area contributed by atoms with Crippen LogP contribution in [-0.2, 0) is 11.2 Å². The standard InChI is InChI=1S/C17H23NO3/c1-17(2,3)14-9-6-10-18(14)15(19)11-12-7-4-5-8-13(12)16(20)21/h4-5,7-8,14H,6,9-11H2,1-3H3,(H,20,21). The van der Waals surface area contributed by atoms with Gasteiger partial charge in [0.1, 0.15) is 0 Å². The van der Waals surface area contributed by atoms with Crippen LogP contribution in [0, 0.1) is 5.41 Å². The van der Waals surface area contributed by atoms with Gasteiger partial charge in [0, 0.05) is 12.6 Å². The lowest BCUT2D eigenvalue weighted by atomic mass is 9.85. The number of carbonyl (C=O) groups is 2. The third-order valence-electron chi connectivity index (χ3n) is 4.16. The van der Waals surface area contributed by atoms with Gasteiger partial charge in [-0.25, -0.2) is 4.79 Å². The summed E-state index contributed by atoms with van der Waals surface area (Å²) in [5, 5.41) is 9.20. The van der Waals surface area contributed by atoms with Crippen molar-refractivity contribution < 1.29 is 14.7 Å². The van der Waals surface area contributed by atoms with Crippen LogP contribution < -0.4 is 0 Å². The monoisotopic (exact) mass is 289 g/mol. The van der Waals surface area contributed by atoms with Crippen LogP contribution in [0.2, 0.25) is 0 Å². The number of hydrogen-bond donors (Lipinski definition) is 1. The summed E-state index contributed by atoms with van der Waals surface area (Å²) in [6.07, 6.45) is 2.21. The molecule has 1 fully saturated rings. The van der Waals surface area contributed by atoms with Crippen LogP contribution in [0.25, 0.3) is 0 Å². The van der Waals surface area contributed by atoms with Gasteiger partial charge in [-0.2, -0.15) is 0 Å². The fraction of sp³-hybridized carbons (Fsp3) is 0.529. The molecule has 1 aromatic rings. The minimum atomic E-state index is -0.979. The number of nitrogens with zero attached hydrogens (tertiary/aromatic N) is 1. The van der Waals surface area contributed by atoms with E-state index in [9.17, 15) is 14.7 Å². The molecular formula is C17H23NO3. The minimum Gasteiger partial charge on any atom is -0.478 e. The smallest absolute Gasteiger partial charge is 0.335 e. The molecule has 1 saturated heterocycles. The highest BCUT2D eigenvalue weighted by Gasteiger charge is 2.36. The Balaban J connectivity index is 2.17. The summed E-state index contributed by atoms with van der Waals surface area (Å²) in [6.45, 7) is 7.22. The SMILES string of the molecule is CC(C)(C)C1CCCN1C(=O)Cc1ccccc1C(=O)O. The summed E-state index contributed by atoms with van der Waals surface area (Å²) in [5.74, 6) is -0.951. The number of benzene rings is 1. The summed E-state index contributed by atoms with van der Waals surface area (Å²) in [5.41, 5.74) is 0.866. The van der Waals surface area contributed by atoms with Crippen molar-refractivity contribution in [2.75, 3.05) is 6.54 Å². The van der Waals surface area contributed by atoms with Gasteiger partial charge in [-0.3, -0.25) is 4.79 Å². The van der Waals surface area contributed by atoms with E-state index in [2.05, 4.69) is 20.8 Å². The van der Waals surface area contributed by atoms with Crippen molar-refractivity contribution in [3.8, 4) is 0 Å². The highest BCUT2D eigenvalue weighted by Crippen LogP contribution is 2.33. The maximum Gasteiger partial charge on any atom is 0.335 e. The Bertz CT molecular complexity index is 545. The Morgan fingerprint density at radius 3 is 2.57 bits per heavy atom. The third kappa shape index (κ3) is 3.43. The molecule has 0 aliphatic carbocycles. The highest BCUT2D eigenvalue weighted by atomic mass is 16.4. The molecule has 0 spiro atoms. The molecule has 1 N–H and O–H groups in total. The second-order valence-corrected chi connectivity index (χ2v) is 6.75. The van der Waals surface area contributed by atoms with Crippen molar-refractivity contribution in [1.82, 2.24) is 4.90 Å². The average molecular weight is 289 g/mol. The molecule has 4 nitrogen and oxygen atoms in total. The Morgan fingerprint density at radius 1 is 1.29 bits per heavy atom. The van der Waals surface area contributed by atoms with Crippen LogP contribution in [0.1, 0.15) is 49.5 Å². The van der Waals surface area contributed by atoms with Crippen molar-refractivity contribution in [3.63, 3.8) is 0 Å². The molecule has 1 amide bonds. The lowest BCUT2D eigenvalue weighted by molar-refractivity contribution is -0.133. The zero-order valence-electron chi connectivity index (χ0n) is 12.9. The minimum absolute atomic E-state index is 0.0288. The highest BCUT2D eigenvalue weighted by molar-refractivity contribution is 5.91. The Hall–Kier alpha value is -1.84. The van der Waals surface area contributed by atoms with E-state index in [-0.39, 0.29) is 29.3 Å². The maximum absolute atomic E-state index is 12.6. The molecule has 1 atom stereocenters. The van der Waals surface area contributed by atoms with E-state index in [1.807, 2.05) is 4.90 Å². The number of likely N-dealkylation sites (tertiary alicyclic amines) is 1. The van der Waals surface area contributed by atoms with Gasteiger partial charge in [-0.1, -0.05) is 39.0 Å². The Labute approximate surface area is 125 Å². The molecule has 114 valence electrons. The molecule has 1 unspecified atom stereocenters. The average Bonchev–Trinajstić information content (AvgIpc) is 2.88. The molecule has 1 aliphatic rings. The van der Waals surface area contributed by atoms with Crippen LogP contribution in [0.15, 0.2) is 24.3 Å². The Kier molecular flexibility index (Phi) is 4.35. The summed E-state index contributed by atoms with van der Waals surface area (Å²) in [7, 11) is 0. The summed E-state index contributed by atoms with van der Waals surface area (Å²) < 4.78 is 0. The second-order valence-electron chi connectivity index (χ2n) is 6.75. The van der Waals surface area contributed by atoms with Gasteiger partial charge in [0.25, 0.3) is 0 Å². The number of aromatic carboxylic acids is 1. The molecular weight excluding hydrogens is 266 g/mol. The lowest BCUT2D eigenvalue weighted by Gasteiger charge is -2.35. The van der Waals surface area contributed by atoms with Crippen molar-refractivity contribution in [2.45, 2.75) is 46.1 Å². The van der Waals surface area contributed by atoms with Gasteiger partial charge >= 0.3 is 5.97 Å². The zero-order chi connectivity index (χ0) is 15.6. The van der Waals surface area contributed by atoms with Crippen molar-refractivity contribution in [2.24, 2.45) is 5.41 Å². The number of rotatable bonds is 3. The number of carboxylic acids is 1. The van der Waals surface area contributed by atoms with Crippen LogP contribution in [0.4, 0.5) is 0 Å². The molecule has 2 rings (SSSR count). The fourth-order valence-corrected chi connectivity index (χ4v) is 3.11. The summed E-state index contributed by atoms with van der Waals surface area (Å²) in [4.78, 5) is 25.7. The van der Waals surface area contributed by atoms with Crippen LogP contribution in [0.5, 0.6) is 0 Å². The van der Waals surface area contributed by atoms with Crippen LogP contribution in [0.3, 0.4) is 0 Å². The van der Waals surface area contributed by atoms with Gasteiger partial charge in [-0.05, 0) is 29.9 Å². The van der Waals surface area contributed by atoms with Crippen molar-refractivity contribution in [1.29, 1.82) is 0 Å². The second kappa shape index (κ2) is 5.88. The molecule has 1 heterocycles. The normalized spacial score (nSPS) is 18.8. The van der Waals surface area contributed by atoms with E-state index in [0.29, 0.717) is 5.56 Å². The lowest BCUT2D eigenvalue weighted by Crippen LogP contribution is -2.43. The van der Waals surface area contributed by atoms with Crippen LogP contribution in [-0.4, -0.2) is 34.5 Å². The number of hydrogen-bond acceptors (Lipinski definition) is 2. The summed E-state index contributed by atoms with van der Waals surface area (Å²) in [6, 6.07) is 6.98. The predicted molar refractivity (Wildman–Crippen MR) is 81.3 cm³/mol. The predicted octanol–water partition coefficient (Wildman–Crippen LogP) is 2.96. The van der Waals surface area contributed by atoms with Crippen molar-refractivity contribution >= 4 is 11.9 Å². The first-order chi connectivity index (χ1) is 9.80. The molecule has 0 saturated carbocycles. The molecule has 0 radical (unpaired) electrons.